The number of rotatable bonds is 4. The Hall–Kier alpha value is -3.02. The number of anilines is 2. The zero-order chi connectivity index (χ0) is 17.6. The molecule has 6 nitrogen and oxygen atoms in total. The van der Waals surface area contributed by atoms with Gasteiger partial charge in [0.25, 0.3) is 0 Å². The van der Waals surface area contributed by atoms with E-state index >= 15 is 0 Å². The van der Waals surface area contributed by atoms with Gasteiger partial charge in [0.1, 0.15) is 12.3 Å². The molecule has 2 aromatic rings. The average molecular weight is 338 g/mol. The van der Waals surface area contributed by atoms with Crippen LogP contribution in [0.4, 0.5) is 11.4 Å². The van der Waals surface area contributed by atoms with E-state index in [2.05, 4.69) is 16.4 Å². The fourth-order valence-corrected chi connectivity index (χ4v) is 2.89. The van der Waals surface area contributed by atoms with Crippen molar-refractivity contribution in [1.29, 1.82) is 0 Å². The maximum atomic E-state index is 12.5. The number of ether oxygens (including phenoxy) is 1. The summed E-state index contributed by atoms with van der Waals surface area (Å²) in [5.41, 5.74) is 8.86. The van der Waals surface area contributed by atoms with Crippen LogP contribution >= 0.6 is 0 Å². The van der Waals surface area contributed by atoms with Gasteiger partial charge in [-0.3, -0.25) is 4.79 Å². The highest BCUT2D eigenvalue weighted by molar-refractivity contribution is 5.99. The normalized spacial score (nSPS) is 14.0. The summed E-state index contributed by atoms with van der Waals surface area (Å²) in [6.45, 7) is 0.737. The molecule has 1 heterocycles. The predicted molar refractivity (Wildman–Crippen MR) is 100 cm³/mol. The van der Waals surface area contributed by atoms with E-state index in [1.54, 1.807) is 12.0 Å². The second-order valence-electron chi connectivity index (χ2n) is 5.83. The lowest BCUT2D eigenvalue weighted by molar-refractivity contribution is -0.117. The third-order valence-corrected chi connectivity index (χ3v) is 4.16. The Labute approximate surface area is 147 Å². The van der Waals surface area contributed by atoms with Crippen LogP contribution in [0.5, 0.6) is 5.75 Å². The number of carbonyl (C=O) groups excluding carboxylic acids is 1. The van der Waals surface area contributed by atoms with E-state index in [0.29, 0.717) is 0 Å². The number of para-hydroxylation sites is 1. The van der Waals surface area contributed by atoms with Gasteiger partial charge in [-0.1, -0.05) is 18.2 Å². The highest BCUT2D eigenvalue weighted by atomic mass is 16.5. The number of hydrogen-bond donors (Lipinski definition) is 2. The number of carbonyl (C=O) groups is 1. The maximum Gasteiger partial charge on any atom is 0.248 e. The molecule has 0 spiro atoms. The zero-order valence-electron chi connectivity index (χ0n) is 14.2. The van der Waals surface area contributed by atoms with Crippen LogP contribution in [0.1, 0.15) is 12.0 Å². The summed E-state index contributed by atoms with van der Waals surface area (Å²) in [5, 5.41) is 2.97. The van der Waals surface area contributed by atoms with Crippen molar-refractivity contribution in [3.63, 3.8) is 0 Å². The van der Waals surface area contributed by atoms with Crippen LogP contribution in [-0.4, -0.2) is 32.1 Å². The van der Waals surface area contributed by atoms with Gasteiger partial charge in [-0.05, 0) is 48.7 Å². The van der Waals surface area contributed by atoms with E-state index < -0.39 is 0 Å². The highest BCUT2D eigenvalue weighted by Crippen LogP contribution is 2.26. The van der Waals surface area contributed by atoms with Crippen molar-refractivity contribution >= 4 is 23.2 Å². The third-order valence-electron chi connectivity index (χ3n) is 4.16. The molecule has 25 heavy (non-hydrogen) atoms. The molecule has 3 N–H and O–H groups in total. The number of aliphatic imine (C=N–C) groups is 1. The SMILES string of the molecule is COc1ccc(NC(N)=NCC(=O)N2CCCc3ccccc32)cc1. The Kier molecular flexibility index (Phi) is 5.18. The van der Waals surface area contributed by atoms with E-state index in [-0.39, 0.29) is 18.4 Å². The Bertz CT molecular complexity index is 771. The van der Waals surface area contributed by atoms with Crippen molar-refractivity contribution in [1.82, 2.24) is 0 Å². The lowest BCUT2D eigenvalue weighted by Gasteiger charge is -2.29. The van der Waals surface area contributed by atoms with Crippen LogP contribution in [0.15, 0.2) is 53.5 Å². The molecule has 0 unspecified atom stereocenters. The molecule has 6 heteroatoms. The van der Waals surface area contributed by atoms with Gasteiger partial charge in [-0.15, -0.1) is 0 Å². The first-order chi connectivity index (χ1) is 12.2. The lowest BCUT2D eigenvalue weighted by Crippen LogP contribution is -2.37. The summed E-state index contributed by atoms with van der Waals surface area (Å²) in [6.07, 6.45) is 1.97. The van der Waals surface area contributed by atoms with Crippen molar-refractivity contribution in [2.45, 2.75) is 12.8 Å². The number of nitrogens with zero attached hydrogens (tertiary/aromatic N) is 2. The van der Waals surface area contributed by atoms with Gasteiger partial charge in [0.15, 0.2) is 5.96 Å². The number of benzene rings is 2. The zero-order valence-corrected chi connectivity index (χ0v) is 14.2. The smallest absolute Gasteiger partial charge is 0.248 e. The summed E-state index contributed by atoms with van der Waals surface area (Å²) in [7, 11) is 1.61. The number of aryl methyl sites for hydroxylation is 1. The first-order valence-electron chi connectivity index (χ1n) is 8.26. The highest BCUT2D eigenvalue weighted by Gasteiger charge is 2.21. The summed E-state index contributed by atoms with van der Waals surface area (Å²) in [4.78, 5) is 18.5. The van der Waals surface area contributed by atoms with Crippen LogP contribution in [0.25, 0.3) is 0 Å². The van der Waals surface area contributed by atoms with Crippen LogP contribution in [-0.2, 0) is 11.2 Å². The molecule has 0 bridgehead atoms. The van der Waals surface area contributed by atoms with Gasteiger partial charge in [0, 0.05) is 17.9 Å². The fourth-order valence-electron chi connectivity index (χ4n) is 2.89. The standard InChI is InChI=1S/C19H22N4O2/c1-25-16-10-8-15(9-11-16)22-19(20)21-13-18(24)23-12-4-6-14-5-2-3-7-17(14)23/h2-3,5,7-11H,4,6,12-13H2,1H3,(H3,20,21,22). The number of nitrogens with one attached hydrogen (secondary N) is 1. The first-order valence-corrected chi connectivity index (χ1v) is 8.26. The summed E-state index contributed by atoms with van der Waals surface area (Å²) in [6, 6.07) is 15.3. The minimum Gasteiger partial charge on any atom is -0.497 e. The molecule has 3 rings (SSSR count). The number of methoxy groups -OCH3 is 1. The topological polar surface area (TPSA) is 80.0 Å². The molecule has 0 saturated carbocycles. The molecule has 1 aliphatic rings. The van der Waals surface area contributed by atoms with Gasteiger partial charge in [0.2, 0.25) is 5.91 Å². The number of amides is 1. The number of guanidine groups is 1. The summed E-state index contributed by atoms with van der Waals surface area (Å²) < 4.78 is 5.11. The number of hydrogen-bond acceptors (Lipinski definition) is 3. The summed E-state index contributed by atoms with van der Waals surface area (Å²) >= 11 is 0. The Balaban J connectivity index is 1.62. The predicted octanol–water partition coefficient (Wildman–Crippen LogP) is 2.40. The van der Waals surface area contributed by atoms with E-state index in [9.17, 15) is 4.79 Å². The molecule has 0 saturated heterocycles. The van der Waals surface area contributed by atoms with E-state index in [0.717, 1.165) is 36.5 Å². The van der Waals surface area contributed by atoms with E-state index in [1.165, 1.54) is 5.56 Å². The number of nitrogens with two attached hydrogens (primary N) is 1. The lowest BCUT2D eigenvalue weighted by atomic mass is 10.0. The van der Waals surface area contributed by atoms with Gasteiger partial charge < -0.3 is 20.7 Å². The molecule has 2 aromatic carbocycles. The van der Waals surface area contributed by atoms with Gasteiger partial charge >= 0.3 is 0 Å². The Morgan fingerprint density at radius 2 is 2.00 bits per heavy atom. The van der Waals surface area contributed by atoms with E-state index in [4.69, 9.17) is 10.5 Å². The molecular weight excluding hydrogens is 316 g/mol. The van der Waals surface area contributed by atoms with Crippen molar-refractivity contribution in [2.75, 3.05) is 30.4 Å². The van der Waals surface area contributed by atoms with Crippen LogP contribution in [0, 0.1) is 0 Å². The quantitative estimate of drug-likeness (QED) is 0.663. The molecular formula is C19H22N4O2. The monoisotopic (exact) mass is 338 g/mol. The summed E-state index contributed by atoms with van der Waals surface area (Å²) in [5.74, 6) is 0.926. The van der Waals surface area contributed by atoms with Crippen molar-refractivity contribution < 1.29 is 9.53 Å². The average Bonchev–Trinajstić information content (AvgIpc) is 2.66. The number of fused-ring (bicyclic) bond motifs is 1. The van der Waals surface area contributed by atoms with Crippen LogP contribution in [0.2, 0.25) is 0 Å². The third kappa shape index (κ3) is 4.09. The molecule has 0 atom stereocenters. The molecule has 130 valence electrons. The van der Waals surface area contributed by atoms with Crippen molar-refractivity contribution in [3.8, 4) is 5.75 Å². The molecule has 0 aromatic heterocycles. The van der Waals surface area contributed by atoms with Gasteiger partial charge in [0.05, 0.1) is 7.11 Å². The van der Waals surface area contributed by atoms with Crippen molar-refractivity contribution in [2.24, 2.45) is 10.7 Å². The molecule has 1 aliphatic heterocycles. The second-order valence-corrected chi connectivity index (χ2v) is 5.83. The Morgan fingerprint density at radius 3 is 2.76 bits per heavy atom. The minimum absolute atomic E-state index is 0.0172. The first kappa shape index (κ1) is 16.8. The Morgan fingerprint density at radius 1 is 1.24 bits per heavy atom. The maximum absolute atomic E-state index is 12.5. The van der Waals surface area contributed by atoms with E-state index in [1.807, 2.05) is 42.5 Å². The van der Waals surface area contributed by atoms with Crippen molar-refractivity contribution in [3.05, 3.63) is 54.1 Å². The fraction of sp³-hybridized carbons (Fsp3) is 0.263. The molecule has 1 amide bonds. The largest absolute Gasteiger partial charge is 0.497 e. The van der Waals surface area contributed by atoms with Gasteiger partial charge in [-0.2, -0.15) is 0 Å². The van der Waals surface area contributed by atoms with Crippen LogP contribution in [0.3, 0.4) is 0 Å². The van der Waals surface area contributed by atoms with Gasteiger partial charge in [-0.25, -0.2) is 4.99 Å². The molecule has 0 fully saturated rings. The second kappa shape index (κ2) is 7.70. The minimum atomic E-state index is -0.0494. The van der Waals surface area contributed by atoms with Crippen LogP contribution < -0.4 is 20.7 Å². The molecule has 0 aliphatic carbocycles. The molecule has 0 radical (unpaired) electrons.